The van der Waals surface area contributed by atoms with Crippen LogP contribution in [0, 0.1) is 0 Å². The zero-order chi connectivity index (χ0) is 16.9. The van der Waals surface area contributed by atoms with E-state index in [0.717, 1.165) is 6.42 Å². The van der Waals surface area contributed by atoms with Crippen LogP contribution in [-0.2, 0) is 6.54 Å². The van der Waals surface area contributed by atoms with Crippen LogP contribution >= 0.6 is 0 Å². The number of aliphatic hydroxyl groups is 1. The third kappa shape index (κ3) is 5.63. The quantitative estimate of drug-likeness (QED) is 0.749. The van der Waals surface area contributed by atoms with Gasteiger partial charge in [-0.3, -0.25) is 0 Å². The number of alkyl halides is 3. The minimum Gasteiger partial charge on any atom is -0.484 e. The fourth-order valence-electron chi connectivity index (χ4n) is 2.19. The van der Waals surface area contributed by atoms with Crippen LogP contribution in [0.15, 0.2) is 24.3 Å². The second-order valence-corrected chi connectivity index (χ2v) is 5.63. The van der Waals surface area contributed by atoms with Crippen LogP contribution in [0.2, 0.25) is 0 Å². The summed E-state index contributed by atoms with van der Waals surface area (Å²) in [5.41, 5.74) is -0.389. The Hall–Kier alpha value is -1.96. The van der Waals surface area contributed by atoms with Gasteiger partial charge >= 0.3 is 12.2 Å². The van der Waals surface area contributed by atoms with Crippen LogP contribution < -0.4 is 15.4 Å². The van der Waals surface area contributed by atoms with E-state index in [0.29, 0.717) is 18.4 Å². The van der Waals surface area contributed by atoms with Crippen LogP contribution in [-0.4, -0.2) is 36.1 Å². The molecule has 0 radical (unpaired) electrons. The van der Waals surface area contributed by atoms with Gasteiger partial charge in [0.15, 0.2) is 6.61 Å². The highest BCUT2D eigenvalue weighted by atomic mass is 19.4. The molecule has 1 aromatic carbocycles. The molecule has 3 N–H and O–H groups in total. The maximum Gasteiger partial charge on any atom is 0.422 e. The lowest BCUT2D eigenvalue weighted by molar-refractivity contribution is -0.153. The lowest BCUT2D eigenvalue weighted by Gasteiger charge is -2.36. The number of ether oxygens (including phenoxy) is 1. The molecule has 2 amide bonds. The molecule has 0 unspecified atom stereocenters. The number of para-hydroxylation sites is 1. The van der Waals surface area contributed by atoms with Gasteiger partial charge in [0.1, 0.15) is 5.75 Å². The molecule has 1 aliphatic rings. The van der Waals surface area contributed by atoms with E-state index in [4.69, 9.17) is 4.74 Å². The minimum absolute atomic E-state index is 0.0261. The highest BCUT2D eigenvalue weighted by Crippen LogP contribution is 2.30. The Balaban J connectivity index is 1.81. The lowest BCUT2D eigenvalue weighted by atomic mass is 9.80. The molecule has 1 aliphatic carbocycles. The van der Waals surface area contributed by atoms with Crippen LogP contribution in [0.25, 0.3) is 0 Å². The Morgan fingerprint density at radius 1 is 1.26 bits per heavy atom. The molecule has 23 heavy (non-hydrogen) atoms. The van der Waals surface area contributed by atoms with Crippen molar-refractivity contribution in [1.82, 2.24) is 10.6 Å². The second-order valence-electron chi connectivity index (χ2n) is 5.63. The molecule has 1 aromatic rings. The lowest BCUT2D eigenvalue weighted by Crippen LogP contribution is -2.49. The predicted molar refractivity (Wildman–Crippen MR) is 77.0 cm³/mol. The van der Waals surface area contributed by atoms with E-state index in [1.54, 1.807) is 18.2 Å². The number of amides is 2. The van der Waals surface area contributed by atoms with Crippen molar-refractivity contribution in [3.8, 4) is 5.75 Å². The summed E-state index contributed by atoms with van der Waals surface area (Å²) in [6.07, 6.45) is -2.18. The molecule has 0 atom stereocenters. The summed E-state index contributed by atoms with van der Waals surface area (Å²) in [5.74, 6) is 0.0720. The Morgan fingerprint density at radius 2 is 1.96 bits per heavy atom. The van der Waals surface area contributed by atoms with Gasteiger partial charge in [-0.25, -0.2) is 4.79 Å². The molecule has 1 saturated carbocycles. The number of hydrogen-bond donors (Lipinski definition) is 3. The van der Waals surface area contributed by atoms with E-state index in [1.807, 2.05) is 0 Å². The summed E-state index contributed by atoms with van der Waals surface area (Å²) in [4.78, 5) is 11.7. The zero-order valence-electron chi connectivity index (χ0n) is 12.4. The number of halogens is 3. The summed E-state index contributed by atoms with van der Waals surface area (Å²) < 4.78 is 41.4. The molecule has 1 fully saturated rings. The molecule has 0 bridgehead atoms. The van der Waals surface area contributed by atoms with E-state index >= 15 is 0 Å². The summed E-state index contributed by atoms with van der Waals surface area (Å²) in [7, 11) is 0. The van der Waals surface area contributed by atoms with Gasteiger partial charge in [-0.05, 0) is 25.3 Å². The average Bonchev–Trinajstić information content (AvgIpc) is 2.47. The van der Waals surface area contributed by atoms with Gasteiger partial charge in [0.25, 0.3) is 0 Å². The largest absolute Gasteiger partial charge is 0.484 e. The van der Waals surface area contributed by atoms with Gasteiger partial charge in [0.2, 0.25) is 0 Å². The monoisotopic (exact) mass is 332 g/mol. The number of carbonyl (C=O) groups is 1. The van der Waals surface area contributed by atoms with Crippen LogP contribution in [0.4, 0.5) is 18.0 Å². The highest BCUT2D eigenvalue weighted by molar-refractivity contribution is 5.74. The summed E-state index contributed by atoms with van der Waals surface area (Å²) >= 11 is 0. The van der Waals surface area contributed by atoms with Gasteiger partial charge in [-0.1, -0.05) is 18.2 Å². The number of hydrogen-bond acceptors (Lipinski definition) is 3. The van der Waals surface area contributed by atoms with Gasteiger partial charge in [-0.15, -0.1) is 0 Å². The summed E-state index contributed by atoms with van der Waals surface area (Å²) in [6.45, 7) is -1.20. The average molecular weight is 332 g/mol. The molecule has 8 heteroatoms. The van der Waals surface area contributed by atoms with Crippen molar-refractivity contribution in [2.45, 2.75) is 37.6 Å². The number of carbonyl (C=O) groups excluding carboxylic acids is 1. The van der Waals surface area contributed by atoms with Crippen molar-refractivity contribution in [2.24, 2.45) is 0 Å². The first-order valence-corrected chi connectivity index (χ1v) is 7.29. The van der Waals surface area contributed by atoms with E-state index in [2.05, 4.69) is 10.6 Å². The van der Waals surface area contributed by atoms with Gasteiger partial charge < -0.3 is 20.5 Å². The smallest absolute Gasteiger partial charge is 0.422 e. The van der Waals surface area contributed by atoms with Crippen LogP contribution in [0.5, 0.6) is 5.75 Å². The molecule has 2 rings (SSSR count). The predicted octanol–water partition coefficient (Wildman–Crippen LogP) is 2.34. The van der Waals surface area contributed by atoms with Crippen LogP contribution in [0.1, 0.15) is 24.8 Å². The molecule has 0 spiro atoms. The number of benzene rings is 1. The van der Waals surface area contributed by atoms with Gasteiger partial charge in [0, 0.05) is 18.7 Å². The number of nitrogens with one attached hydrogen (secondary N) is 2. The Labute approximate surface area is 131 Å². The molecule has 128 valence electrons. The zero-order valence-corrected chi connectivity index (χ0v) is 12.4. The van der Waals surface area contributed by atoms with Crippen LogP contribution in [0.3, 0.4) is 0 Å². The fraction of sp³-hybridized carbons (Fsp3) is 0.533. The summed E-state index contributed by atoms with van der Waals surface area (Å²) in [6, 6.07) is 5.70. The molecular weight excluding hydrogens is 313 g/mol. The highest BCUT2D eigenvalue weighted by Gasteiger charge is 2.34. The molecular formula is C15H19F3N2O3. The molecule has 0 heterocycles. The Morgan fingerprint density at radius 3 is 2.57 bits per heavy atom. The first-order valence-electron chi connectivity index (χ1n) is 7.29. The standard InChI is InChI=1S/C15H19F3N2O3/c16-15(17,18)10-23-12-5-2-1-4-11(12)8-19-13(21)20-9-14(22)6-3-7-14/h1-2,4-5,22H,3,6-10H2,(H2,19,20,21). The van der Waals surface area contributed by atoms with Crippen molar-refractivity contribution >= 4 is 6.03 Å². The number of rotatable bonds is 6. The third-order valence-electron chi connectivity index (χ3n) is 3.67. The van der Waals surface area contributed by atoms with Crippen molar-refractivity contribution < 1.29 is 27.8 Å². The second kappa shape index (κ2) is 7.08. The minimum atomic E-state index is -4.42. The maximum absolute atomic E-state index is 12.2. The van der Waals surface area contributed by atoms with E-state index < -0.39 is 24.4 Å². The van der Waals surface area contributed by atoms with Crippen molar-refractivity contribution in [3.63, 3.8) is 0 Å². The first-order chi connectivity index (χ1) is 10.8. The van der Waals surface area contributed by atoms with Crippen molar-refractivity contribution in [1.29, 1.82) is 0 Å². The summed E-state index contributed by atoms with van der Waals surface area (Å²) in [5, 5.41) is 15.0. The van der Waals surface area contributed by atoms with E-state index in [-0.39, 0.29) is 18.8 Å². The molecule has 0 saturated heterocycles. The molecule has 0 aliphatic heterocycles. The Bertz CT molecular complexity index is 545. The SMILES string of the molecule is O=C(NCc1ccccc1OCC(F)(F)F)NCC1(O)CCC1. The topological polar surface area (TPSA) is 70.6 Å². The van der Waals surface area contributed by atoms with Gasteiger partial charge in [0.05, 0.1) is 5.60 Å². The van der Waals surface area contributed by atoms with Crippen molar-refractivity contribution in [3.05, 3.63) is 29.8 Å². The fourth-order valence-corrected chi connectivity index (χ4v) is 2.19. The van der Waals surface area contributed by atoms with Crippen molar-refractivity contribution in [2.75, 3.05) is 13.2 Å². The van der Waals surface area contributed by atoms with E-state index in [1.165, 1.54) is 6.07 Å². The maximum atomic E-state index is 12.2. The van der Waals surface area contributed by atoms with E-state index in [9.17, 15) is 23.1 Å². The normalized spacial score (nSPS) is 16.3. The first kappa shape index (κ1) is 17.4. The van der Waals surface area contributed by atoms with Gasteiger partial charge in [-0.2, -0.15) is 13.2 Å². The molecule has 5 nitrogen and oxygen atoms in total. The number of urea groups is 1. The molecule has 0 aromatic heterocycles. The third-order valence-corrected chi connectivity index (χ3v) is 3.67. The Kier molecular flexibility index (Phi) is 5.35.